The van der Waals surface area contributed by atoms with Crippen molar-refractivity contribution in [3.05, 3.63) is 29.3 Å². The predicted octanol–water partition coefficient (Wildman–Crippen LogP) is 1.24. The third-order valence-corrected chi connectivity index (χ3v) is 2.87. The van der Waals surface area contributed by atoms with E-state index in [1.807, 2.05) is 4.90 Å². The second-order valence-corrected chi connectivity index (χ2v) is 5.00. The number of rotatable bonds is 9. The molecule has 6 nitrogen and oxygen atoms in total. The quantitative estimate of drug-likeness (QED) is 0.671. The van der Waals surface area contributed by atoms with Crippen molar-refractivity contribution in [1.29, 1.82) is 0 Å². The number of ether oxygens (including phenoxy) is 1. The number of aliphatic carboxylic acids is 1. The molecule has 1 rings (SSSR count). The predicted molar refractivity (Wildman–Crippen MR) is 79.7 cm³/mol. The Morgan fingerprint density at radius 1 is 1.33 bits per heavy atom. The van der Waals surface area contributed by atoms with Crippen molar-refractivity contribution in [1.82, 2.24) is 10.2 Å². The molecule has 0 aromatic heterocycles. The molecule has 0 fully saturated rings. The smallest absolute Gasteiger partial charge is 0.322 e. The highest BCUT2D eigenvalue weighted by atomic mass is 35.5. The number of hydrogen-bond acceptors (Lipinski definition) is 4. The van der Waals surface area contributed by atoms with Crippen molar-refractivity contribution in [3.63, 3.8) is 0 Å². The molecule has 0 aliphatic carbocycles. The van der Waals surface area contributed by atoms with Crippen LogP contribution < -0.4 is 10.1 Å². The van der Waals surface area contributed by atoms with Crippen molar-refractivity contribution in [3.8, 4) is 5.75 Å². The number of hydrogen-bond donors (Lipinski definition) is 2. The summed E-state index contributed by atoms with van der Waals surface area (Å²) in [4.78, 5) is 23.5. The van der Waals surface area contributed by atoms with Crippen molar-refractivity contribution in [2.75, 3.05) is 33.3 Å². The molecular formula is C14H19ClN2O4. The molecule has 116 valence electrons. The summed E-state index contributed by atoms with van der Waals surface area (Å²) in [6, 6.07) is 7.11. The van der Waals surface area contributed by atoms with Gasteiger partial charge in [0.25, 0.3) is 0 Å². The molecule has 1 amide bonds. The molecule has 0 unspecified atom stereocenters. The summed E-state index contributed by atoms with van der Waals surface area (Å²) in [6.07, 6.45) is 0.755. The lowest BCUT2D eigenvalue weighted by atomic mass is 10.3. The van der Waals surface area contributed by atoms with E-state index in [0.717, 1.165) is 12.2 Å². The summed E-state index contributed by atoms with van der Waals surface area (Å²) in [7, 11) is 1.79. The standard InChI is InChI=1S/C14H19ClN2O4/c1-17(10-13(18)16-9-14(19)20)7-2-8-21-12-5-3-11(15)4-6-12/h3-6H,2,7-10H2,1H3,(H,16,18)(H,19,20). The Kier molecular flexibility index (Phi) is 7.56. The van der Waals surface area contributed by atoms with Gasteiger partial charge in [0.2, 0.25) is 5.91 Å². The number of likely N-dealkylation sites (N-methyl/N-ethyl adjacent to an activating group) is 1. The summed E-state index contributed by atoms with van der Waals surface area (Å²) >= 11 is 5.77. The van der Waals surface area contributed by atoms with E-state index in [1.165, 1.54) is 0 Å². The second kappa shape index (κ2) is 9.20. The fraction of sp³-hybridized carbons (Fsp3) is 0.429. The van der Waals surface area contributed by atoms with Gasteiger partial charge in [0.05, 0.1) is 13.2 Å². The van der Waals surface area contributed by atoms with Gasteiger partial charge in [0, 0.05) is 11.6 Å². The molecule has 0 bridgehead atoms. The zero-order valence-corrected chi connectivity index (χ0v) is 12.6. The van der Waals surface area contributed by atoms with Gasteiger partial charge in [0.15, 0.2) is 0 Å². The molecule has 0 spiro atoms. The summed E-state index contributed by atoms with van der Waals surface area (Å²) in [5.41, 5.74) is 0. The van der Waals surface area contributed by atoms with Gasteiger partial charge in [-0.25, -0.2) is 0 Å². The molecule has 0 radical (unpaired) electrons. The monoisotopic (exact) mass is 314 g/mol. The van der Waals surface area contributed by atoms with Gasteiger partial charge in [0.1, 0.15) is 12.3 Å². The van der Waals surface area contributed by atoms with Crippen LogP contribution >= 0.6 is 11.6 Å². The Morgan fingerprint density at radius 2 is 2.00 bits per heavy atom. The number of carbonyl (C=O) groups is 2. The first kappa shape index (κ1) is 17.3. The van der Waals surface area contributed by atoms with Crippen LogP contribution in [0.1, 0.15) is 6.42 Å². The van der Waals surface area contributed by atoms with Crippen LogP contribution in [0.3, 0.4) is 0 Å². The average molecular weight is 315 g/mol. The number of carboxylic acid groups (broad SMARTS) is 1. The first-order valence-electron chi connectivity index (χ1n) is 6.53. The summed E-state index contributed by atoms with van der Waals surface area (Å²) in [5.74, 6) is -0.609. The van der Waals surface area contributed by atoms with E-state index in [0.29, 0.717) is 18.2 Å². The normalized spacial score (nSPS) is 10.4. The highest BCUT2D eigenvalue weighted by Crippen LogP contribution is 2.15. The largest absolute Gasteiger partial charge is 0.494 e. The van der Waals surface area contributed by atoms with Crippen LogP contribution in [0.15, 0.2) is 24.3 Å². The van der Waals surface area contributed by atoms with Crippen LogP contribution in [0.5, 0.6) is 5.75 Å². The molecule has 0 saturated heterocycles. The number of amides is 1. The molecule has 2 N–H and O–H groups in total. The van der Waals surface area contributed by atoms with E-state index in [2.05, 4.69) is 5.32 Å². The fourth-order valence-electron chi connectivity index (χ4n) is 1.61. The number of carbonyl (C=O) groups excluding carboxylic acids is 1. The van der Waals surface area contributed by atoms with E-state index >= 15 is 0 Å². The molecule has 1 aromatic rings. The lowest BCUT2D eigenvalue weighted by Crippen LogP contribution is -2.38. The minimum atomic E-state index is -1.05. The molecule has 1 aromatic carbocycles. The van der Waals surface area contributed by atoms with Crippen molar-refractivity contribution in [2.24, 2.45) is 0 Å². The number of halogens is 1. The minimum absolute atomic E-state index is 0.161. The van der Waals surface area contributed by atoms with Crippen LogP contribution in [0.25, 0.3) is 0 Å². The van der Waals surface area contributed by atoms with Crippen LogP contribution in [-0.2, 0) is 9.59 Å². The van der Waals surface area contributed by atoms with Gasteiger partial charge < -0.3 is 15.2 Å². The van der Waals surface area contributed by atoms with Crippen LogP contribution in [0.2, 0.25) is 5.02 Å². The molecular weight excluding hydrogens is 296 g/mol. The van der Waals surface area contributed by atoms with E-state index in [1.54, 1.807) is 31.3 Å². The summed E-state index contributed by atoms with van der Waals surface area (Å²) in [6.45, 7) is 1.01. The summed E-state index contributed by atoms with van der Waals surface area (Å²) < 4.78 is 5.53. The highest BCUT2D eigenvalue weighted by Gasteiger charge is 2.07. The number of nitrogens with zero attached hydrogens (tertiary/aromatic N) is 1. The lowest BCUT2D eigenvalue weighted by Gasteiger charge is -2.16. The third kappa shape index (κ3) is 8.16. The Morgan fingerprint density at radius 3 is 2.62 bits per heavy atom. The van der Waals surface area contributed by atoms with E-state index in [4.69, 9.17) is 21.4 Å². The molecule has 7 heteroatoms. The summed E-state index contributed by atoms with van der Waals surface area (Å²) in [5, 5.41) is 11.4. The van der Waals surface area contributed by atoms with Gasteiger partial charge in [-0.15, -0.1) is 0 Å². The Balaban J connectivity index is 2.12. The molecule has 0 saturated carbocycles. The van der Waals surface area contributed by atoms with Crippen molar-refractivity contribution < 1.29 is 19.4 Å². The SMILES string of the molecule is CN(CCCOc1ccc(Cl)cc1)CC(=O)NCC(=O)O. The minimum Gasteiger partial charge on any atom is -0.494 e. The highest BCUT2D eigenvalue weighted by molar-refractivity contribution is 6.30. The maximum Gasteiger partial charge on any atom is 0.322 e. The number of nitrogens with one attached hydrogen (secondary N) is 1. The van der Waals surface area contributed by atoms with E-state index in [-0.39, 0.29) is 19.0 Å². The molecule has 0 aliphatic heterocycles. The fourth-order valence-corrected chi connectivity index (χ4v) is 1.74. The Hall–Kier alpha value is -1.79. The van der Waals surface area contributed by atoms with Gasteiger partial charge in [-0.05, 0) is 37.7 Å². The first-order valence-corrected chi connectivity index (χ1v) is 6.90. The van der Waals surface area contributed by atoms with Gasteiger partial charge in [-0.2, -0.15) is 0 Å². The molecule has 0 heterocycles. The third-order valence-electron chi connectivity index (χ3n) is 2.62. The number of benzene rings is 1. The van der Waals surface area contributed by atoms with Gasteiger partial charge >= 0.3 is 5.97 Å². The zero-order valence-electron chi connectivity index (χ0n) is 11.8. The van der Waals surface area contributed by atoms with Crippen molar-refractivity contribution in [2.45, 2.75) is 6.42 Å². The van der Waals surface area contributed by atoms with Gasteiger partial charge in [-0.1, -0.05) is 11.6 Å². The molecule has 0 aliphatic rings. The van der Waals surface area contributed by atoms with E-state index < -0.39 is 5.97 Å². The maximum absolute atomic E-state index is 11.4. The van der Waals surface area contributed by atoms with E-state index in [9.17, 15) is 9.59 Å². The second-order valence-electron chi connectivity index (χ2n) is 4.56. The number of carboxylic acids is 1. The Labute approximate surface area is 128 Å². The van der Waals surface area contributed by atoms with Crippen molar-refractivity contribution >= 4 is 23.5 Å². The topological polar surface area (TPSA) is 78.9 Å². The maximum atomic E-state index is 11.4. The Bertz CT molecular complexity index is 465. The molecule has 21 heavy (non-hydrogen) atoms. The van der Waals surface area contributed by atoms with Gasteiger partial charge in [-0.3, -0.25) is 14.5 Å². The zero-order chi connectivity index (χ0) is 15.7. The van der Waals surface area contributed by atoms with Crippen LogP contribution in [-0.4, -0.2) is 55.2 Å². The first-order chi connectivity index (χ1) is 9.97. The van der Waals surface area contributed by atoms with Crippen LogP contribution in [0, 0.1) is 0 Å². The lowest BCUT2D eigenvalue weighted by molar-refractivity contribution is -0.138. The van der Waals surface area contributed by atoms with Crippen LogP contribution in [0.4, 0.5) is 0 Å². The average Bonchev–Trinajstić information content (AvgIpc) is 2.43. The molecule has 0 atom stereocenters.